The molecule has 0 bridgehead atoms. The van der Waals surface area contributed by atoms with E-state index in [0.29, 0.717) is 22.9 Å². The lowest BCUT2D eigenvalue weighted by Crippen LogP contribution is -2.28. The van der Waals surface area contributed by atoms with Crippen LogP contribution in [0.5, 0.6) is 17.2 Å². The number of aromatic nitrogens is 1. The normalized spacial score (nSPS) is 10.2. The Bertz CT molecular complexity index is 760. The molecule has 0 saturated carbocycles. The third-order valence-corrected chi connectivity index (χ3v) is 3.38. The smallest absolute Gasteiger partial charge is 0.377 e. The summed E-state index contributed by atoms with van der Waals surface area (Å²) in [6.45, 7) is 1.42. The van der Waals surface area contributed by atoms with Crippen molar-refractivity contribution in [2.24, 2.45) is 0 Å². The topological polar surface area (TPSA) is 109 Å². The highest BCUT2D eigenvalue weighted by Crippen LogP contribution is 2.38. The zero-order chi connectivity index (χ0) is 19.1. The number of nitrogens with zero attached hydrogens (tertiary/aromatic N) is 1. The molecule has 1 heterocycles. The van der Waals surface area contributed by atoms with Gasteiger partial charge in [0.25, 0.3) is 5.91 Å². The molecule has 1 N–H and O–H groups in total. The number of hydrogen-bond donors (Lipinski definition) is 1. The summed E-state index contributed by atoms with van der Waals surface area (Å²) in [5, 5.41) is 6.21. The second-order valence-corrected chi connectivity index (χ2v) is 5.22. The van der Waals surface area contributed by atoms with Crippen LogP contribution < -0.4 is 19.5 Å². The molecular formula is C17H20N2O7. The number of amides is 1. The van der Waals surface area contributed by atoms with Gasteiger partial charge < -0.3 is 28.8 Å². The van der Waals surface area contributed by atoms with Gasteiger partial charge in [0.1, 0.15) is 0 Å². The maximum atomic E-state index is 11.9. The van der Waals surface area contributed by atoms with Crippen LogP contribution in [0.2, 0.25) is 0 Å². The van der Waals surface area contributed by atoms with Crippen LogP contribution in [0.3, 0.4) is 0 Å². The molecule has 0 aliphatic rings. The number of rotatable bonds is 8. The van der Waals surface area contributed by atoms with E-state index >= 15 is 0 Å². The molecule has 0 fully saturated rings. The molecule has 1 aromatic carbocycles. The Morgan fingerprint density at radius 1 is 1.08 bits per heavy atom. The van der Waals surface area contributed by atoms with Gasteiger partial charge in [-0.15, -0.1) is 0 Å². The van der Waals surface area contributed by atoms with E-state index in [1.54, 1.807) is 19.1 Å². The maximum absolute atomic E-state index is 11.9. The predicted molar refractivity (Wildman–Crippen MR) is 89.5 cm³/mol. The van der Waals surface area contributed by atoms with Gasteiger partial charge in [-0.2, -0.15) is 0 Å². The molecule has 0 atom stereocenters. The Hall–Kier alpha value is -3.23. The molecule has 1 aromatic heterocycles. The number of ether oxygens (including phenoxy) is 4. The summed E-state index contributed by atoms with van der Waals surface area (Å²) in [7, 11) is 4.51. The van der Waals surface area contributed by atoms with Crippen molar-refractivity contribution in [1.29, 1.82) is 0 Å². The first-order valence-corrected chi connectivity index (χ1v) is 7.64. The Morgan fingerprint density at radius 2 is 1.73 bits per heavy atom. The van der Waals surface area contributed by atoms with Crippen LogP contribution in [0.15, 0.2) is 22.7 Å². The van der Waals surface area contributed by atoms with Gasteiger partial charge in [-0.1, -0.05) is 5.16 Å². The van der Waals surface area contributed by atoms with Gasteiger partial charge in [-0.25, -0.2) is 4.79 Å². The van der Waals surface area contributed by atoms with Crippen LogP contribution >= 0.6 is 0 Å². The van der Waals surface area contributed by atoms with Crippen molar-refractivity contribution in [3.8, 4) is 17.2 Å². The van der Waals surface area contributed by atoms with Gasteiger partial charge in [0.15, 0.2) is 18.1 Å². The van der Waals surface area contributed by atoms with Gasteiger partial charge in [-0.3, -0.25) is 4.79 Å². The fourth-order valence-electron chi connectivity index (χ4n) is 2.15. The first-order valence-electron chi connectivity index (χ1n) is 7.64. The number of nitrogens with one attached hydrogen (secondary N) is 1. The molecular weight excluding hydrogens is 344 g/mol. The van der Waals surface area contributed by atoms with Crippen molar-refractivity contribution in [2.45, 2.75) is 13.5 Å². The monoisotopic (exact) mass is 364 g/mol. The Balaban J connectivity index is 1.91. The summed E-state index contributed by atoms with van der Waals surface area (Å²) in [6, 6.07) is 4.85. The number of esters is 1. The minimum atomic E-state index is -0.756. The Kier molecular flexibility index (Phi) is 6.42. The van der Waals surface area contributed by atoms with Crippen molar-refractivity contribution in [3.63, 3.8) is 0 Å². The highest BCUT2D eigenvalue weighted by atomic mass is 16.6. The van der Waals surface area contributed by atoms with E-state index in [2.05, 4.69) is 10.5 Å². The third-order valence-electron chi connectivity index (χ3n) is 3.38. The molecule has 26 heavy (non-hydrogen) atoms. The minimum Gasteiger partial charge on any atom is -0.493 e. The molecule has 0 saturated heterocycles. The highest BCUT2D eigenvalue weighted by molar-refractivity contribution is 5.88. The van der Waals surface area contributed by atoms with E-state index in [-0.39, 0.29) is 12.3 Å². The van der Waals surface area contributed by atoms with Gasteiger partial charge in [0.2, 0.25) is 11.5 Å². The lowest BCUT2D eigenvalue weighted by Gasteiger charge is -2.14. The van der Waals surface area contributed by atoms with Crippen LogP contribution in [-0.4, -0.2) is 45.0 Å². The standard InChI is InChI=1S/C17H20N2O7/c1-10-5-14(26-19-10)17(21)25-9-15(20)18-8-11-6-12(22-2)16(24-4)13(7-11)23-3/h5-7H,8-9H2,1-4H3,(H,18,20). The van der Waals surface area contributed by atoms with Crippen molar-refractivity contribution in [3.05, 3.63) is 35.2 Å². The van der Waals surface area contributed by atoms with Gasteiger partial charge in [0.05, 0.1) is 27.0 Å². The van der Waals surface area contributed by atoms with E-state index in [1.165, 1.54) is 27.4 Å². The van der Waals surface area contributed by atoms with Crippen LogP contribution in [-0.2, 0) is 16.1 Å². The van der Waals surface area contributed by atoms with Crippen LogP contribution in [0.1, 0.15) is 21.8 Å². The molecule has 0 aliphatic carbocycles. The van der Waals surface area contributed by atoms with E-state index in [1.807, 2.05) is 0 Å². The summed E-state index contributed by atoms with van der Waals surface area (Å²) in [5.74, 6) is 0.129. The molecule has 0 unspecified atom stereocenters. The molecule has 0 spiro atoms. The molecule has 0 aliphatic heterocycles. The minimum absolute atomic E-state index is 0.0556. The number of carbonyl (C=O) groups excluding carboxylic acids is 2. The summed E-state index contributed by atoms with van der Waals surface area (Å²) < 4.78 is 25.4. The largest absolute Gasteiger partial charge is 0.493 e. The summed E-state index contributed by atoms with van der Waals surface area (Å²) in [5.41, 5.74) is 1.27. The molecule has 1 amide bonds. The fraction of sp³-hybridized carbons (Fsp3) is 0.353. The fourth-order valence-corrected chi connectivity index (χ4v) is 2.15. The zero-order valence-electron chi connectivity index (χ0n) is 15.0. The zero-order valence-corrected chi connectivity index (χ0v) is 15.0. The van der Waals surface area contributed by atoms with Crippen molar-refractivity contribution >= 4 is 11.9 Å². The quantitative estimate of drug-likeness (QED) is 0.702. The number of hydrogen-bond acceptors (Lipinski definition) is 8. The number of aryl methyl sites for hydroxylation is 1. The van der Waals surface area contributed by atoms with E-state index in [9.17, 15) is 9.59 Å². The van der Waals surface area contributed by atoms with Crippen molar-refractivity contribution in [2.75, 3.05) is 27.9 Å². The maximum Gasteiger partial charge on any atom is 0.377 e. The number of benzene rings is 1. The van der Waals surface area contributed by atoms with E-state index in [0.717, 1.165) is 5.56 Å². The van der Waals surface area contributed by atoms with Gasteiger partial charge >= 0.3 is 5.97 Å². The SMILES string of the molecule is COc1cc(CNC(=O)COC(=O)c2cc(C)no2)cc(OC)c1OC. The highest BCUT2D eigenvalue weighted by Gasteiger charge is 2.16. The molecule has 0 radical (unpaired) electrons. The van der Waals surface area contributed by atoms with Crippen molar-refractivity contribution in [1.82, 2.24) is 10.5 Å². The van der Waals surface area contributed by atoms with Crippen molar-refractivity contribution < 1.29 is 33.1 Å². The molecule has 140 valence electrons. The molecule has 2 aromatic rings. The van der Waals surface area contributed by atoms with E-state index in [4.69, 9.17) is 23.5 Å². The first-order chi connectivity index (χ1) is 12.5. The van der Waals surface area contributed by atoms with Crippen LogP contribution in [0.4, 0.5) is 0 Å². The third kappa shape index (κ3) is 4.65. The number of carbonyl (C=O) groups is 2. The Morgan fingerprint density at radius 3 is 2.23 bits per heavy atom. The summed E-state index contributed by atoms with van der Waals surface area (Å²) >= 11 is 0. The summed E-state index contributed by atoms with van der Waals surface area (Å²) in [6.07, 6.45) is 0. The molecule has 9 heteroatoms. The lowest BCUT2D eigenvalue weighted by molar-refractivity contribution is -0.124. The van der Waals surface area contributed by atoms with Crippen LogP contribution in [0, 0.1) is 6.92 Å². The molecule has 9 nitrogen and oxygen atoms in total. The Labute approximate surface area is 150 Å². The van der Waals surface area contributed by atoms with E-state index < -0.39 is 18.5 Å². The lowest BCUT2D eigenvalue weighted by atomic mass is 10.1. The second kappa shape index (κ2) is 8.75. The average Bonchev–Trinajstić information content (AvgIpc) is 3.09. The first kappa shape index (κ1) is 19.1. The second-order valence-electron chi connectivity index (χ2n) is 5.22. The molecule has 2 rings (SSSR count). The summed E-state index contributed by atoms with van der Waals surface area (Å²) in [4.78, 5) is 23.6. The predicted octanol–water partition coefficient (Wildman–Crippen LogP) is 1.48. The number of methoxy groups -OCH3 is 3. The van der Waals surface area contributed by atoms with Gasteiger partial charge in [-0.05, 0) is 24.6 Å². The average molecular weight is 364 g/mol. The van der Waals surface area contributed by atoms with Gasteiger partial charge in [0, 0.05) is 12.6 Å². The van der Waals surface area contributed by atoms with Crippen LogP contribution in [0.25, 0.3) is 0 Å².